The molecule has 4 rings (SSSR count). The van der Waals surface area contributed by atoms with Crippen LogP contribution in [0.25, 0.3) is 0 Å². The fourth-order valence-corrected chi connectivity index (χ4v) is 3.73. The quantitative estimate of drug-likeness (QED) is 0.731. The summed E-state index contributed by atoms with van der Waals surface area (Å²) >= 11 is 0. The molecule has 0 saturated carbocycles. The molecule has 1 aliphatic heterocycles. The van der Waals surface area contributed by atoms with Gasteiger partial charge in [0, 0.05) is 37.8 Å². The van der Waals surface area contributed by atoms with Crippen molar-refractivity contribution in [3.63, 3.8) is 0 Å². The van der Waals surface area contributed by atoms with Crippen molar-refractivity contribution in [1.29, 1.82) is 0 Å². The predicted octanol–water partition coefficient (Wildman–Crippen LogP) is 3.59. The van der Waals surface area contributed by atoms with Crippen LogP contribution >= 0.6 is 0 Å². The first kappa shape index (κ1) is 17.7. The van der Waals surface area contributed by atoms with Crippen LogP contribution in [0.4, 0.5) is 0 Å². The Morgan fingerprint density at radius 1 is 0.963 bits per heavy atom. The van der Waals surface area contributed by atoms with E-state index in [1.54, 1.807) is 6.20 Å². The minimum absolute atomic E-state index is 0.177. The molecule has 1 aromatic heterocycles. The van der Waals surface area contributed by atoms with Crippen LogP contribution < -0.4 is 10.5 Å². The van der Waals surface area contributed by atoms with Crippen LogP contribution in [0.2, 0.25) is 0 Å². The van der Waals surface area contributed by atoms with Crippen molar-refractivity contribution in [2.24, 2.45) is 5.73 Å². The third-order valence-corrected chi connectivity index (χ3v) is 5.09. The molecule has 2 N–H and O–H groups in total. The summed E-state index contributed by atoms with van der Waals surface area (Å²) in [5.41, 5.74) is 9.93. The molecular formula is C23H25N3O. The lowest BCUT2D eigenvalue weighted by Gasteiger charge is -2.17. The maximum Gasteiger partial charge on any atom is 0.130 e. The Hall–Kier alpha value is -2.69. The molecule has 2 atom stereocenters. The normalized spacial score (nSPS) is 19.9. The van der Waals surface area contributed by atoms with Crippen LogP contribution in [0.5, 0.6) is 5.75 Å². The second-order valence-electron chi connectivity index (χ2n) is 7.13. The summed E-state index contributed by atoms with van der Waals surface area (Å²) in [5, 5.41) is 0. The molecule has 0 bridgehead atoms. The Balaban J connectivity index is 1.37. The highest BCUT2D eigenvalue weighted by molar-refractivity contribution is 5.29. The molecule has 0 radical (unpaired) electrons. The van der Waals surface area contributed by atoms with Gasteiger partial charge < -0.3 is 10.5 Å². The van der Waals surface area contributed by atoms with E-state index in [0.717, 1.165) is 31.1 Å². The van der Waals surface area contributed by atoms with Crippen molar-refractivity contribution in [1.82, 2.24) is 9.88 Å². The average Bonchev–Trinajstić information content (AvgIpc) is 3.08. The average molecular weight is 359 g/mol. The number of rotatable bonds is 6. The van der Waals surface area contributed by atoms with E-state index in [0.29, 0.717) is 12.5 Å². The van der Waals surface area contributed by atoms with Crippen LogP contribution in [0.3, 0.4) is 0 Å². The van der Waals surface area contributed by atoms with Gasteiger partial charge in [0.25, 0.3) is 0 Å². The molecule has 4 heteroatoms. The van der Waals surface area contributed by atoms with Crippen molar-refractivity contribution in [2.45, 2.75) is 25.1 Å². The zero-order valence-corrected chi connectivity index (χ0v) is 15.4. The van der Waals surface area contributed by atoms with E-state index in [4.69, 9.17) is 10.5 Å². The third-order valence-electron chi connectivity index (χ3n) is 5.09. The first-order valence-corrected chi connectivity index (χ1v) is 9.42. The summed E-state index contributed by atoms with van der Waals surface area (Å²) in [6, 6.07) is 24.9. The van der Waals surface area contributed by atoms with Gasteiger partial charge in [-0.2, -0.15) is 0 Å². The van der Waals surface area contributed by atoms with Gasteiger partial charge in [-0.1, -0.05) is 48.5 Å². The third kappa shape index (κ3) is 4.54. The van der Waals surface area contributed by atoms with Gasteiger partial charge in [-0.15, -0.1) is 0 Å². The van der Waals surface area contributed by atoms with Crippen molar-refractivity contribution < 1.29 is 4.74 Å². The van der Waals surface area contributed by atoms with Crippen molar-refractivity contribution in [3.05, 3.63) is 95.8 Å². The molecule has 2 heterocycles. The highest BCUT2D eigenvalue weighted by Gasteiger charge is 2.30. The van der Waals surface area contributed by atoms with Crippen LogP contribution in [-0.4, -0.2) is 29.0 Å². The number of nitrogens with two attached hydrogens (primary N) is 1. The summed E-state index contributed by atoms with van der Waals surface area (Å²) in [7, 11) is 0. The smallest absolute Gasteiger partial charge is 0.130 e. The Labute approximate surface area is 160 Å². The van der Waals surface area contributed by atoms with Gasteiger partial charge in [0.1, 0.15) is 12.4 Å². The minimum atomic E-state index is 0.177. The van der Waals surface area contributed by atoms with Gasteiger partial charge in [0.2, 0.25) is 0 Å². The summed E-state index contributed by atoms with van der Waals surface area (Å²) < 4.78 is 5.90. The molecule has 1 fully saturated rings. The Bertz CT molecular complexity index is 854. The van der Waals surface area contributed by atoms with E-state index in [1.807, 2.05) is 30.3 Å². The standard InChI is InChI=1S/C23H25N3O/c24-23-16-26(15-22(23)19-8-2-1-3-9-19)14-18-7-6-11-21(13-18)27-17-20-10-4-5-12-25-20/h1-13,22-23H,14-17,24H2/t22-,23+/m0/s1. The summed E-state index contributed by atoms with van der Waals surface area (Å²) in [6.07, 6.45) is 1.79. The number of aromatic nitrogens is 1. The van der Waals surface area contributed by atoms with Crippen LogP contribution in [0.1, 0.15) is 22.7 Å². The van der Waals surface area contributed by atoms with E-state index in [9.17, 15) is 0 Å². The topological polar surface area (TPSA) is 51.4 Å². The van der Waals surface area contributed by atoms with E-state index in [2.05, 4.69) is 52.3 Å². The fourth-order valence-electron chi connectivity index (χ4n) is 3.73. The minimum Gasteiger partial charge on any atom is -0.487 e. The molecule has 0 aliphatic carbocycles. The highest BCUT2D eigenvalue weighted by Crippen LogP contribution is 2.28. The van der Waals surface area contributed by atoms with Gasteiger partial charge in [-0.25, -0.2) is 0 Å². The maximum atomic E-state index is 6.42. The summed E-state index contributed by atoms with van der Waals surface area (Å²) in [5.74, 6) is 1.27. The Kier molecular flexibility index (Phi) is 5.47. The first-order valence-electron chi connectivity index (χ1n) is 9.42. The van der Waals surface area contributed by atoms with Gasteiger partial charge in [0.05, 0.1) is 5.69 Å². The zero-order valence-electron chi connectivity index (χ0n) is 15.4. The molecule has 1 aliphatic rings. The van der Waals surface area contributed by atoms with Gasteiger partial charge in [-0.3, -0.25) is 9.88 Å². The van der Waals surface area contributed by atoms with Crippen LogP contribution in [-0.2, 0) is 13.2 Å². The number of likely N-dealkylation sites (tertiary alicyclic amines) is 1. The lowest BCUT2D eigenvalue weighted by atomic mass is 9.95. The fraction of sp³-hybridized carbons (Fsp3) is 0.261. The van der Waals surface area contributed by atoms with Crippen LogP contribution in [0, 0.1) is 0 Å². The molecule has 0 unspecified atom stereocenters. The first-order chi connectivity index (χ1) is 13.3. The second-order valence-corrected chi connectivity index (χ2v) is 7.13. The largest absolute Gasteiger partial charge is 0.487 e. The van der Waals surface area contributed by atoms with E-state index >= 15 is 0 Å². The summed E-state index contributed by atoms with van der Waals surface area (Å²) in [6.45, 7) is 3.27. The second kappa shape index (κ2) is 8.33. The maximum absolute atomic E-state index is 6.42. The van der Waals surface area contributed by atoms with E-state index in [-0.39, 0.29) is 6.04 Å². The number of nitrogens with zero attached hydrogens (tertiary/aromatic N) is 2. The number of pyridine rings is 1. The number of hydrogen-bond acceptors (Lipinski definition) is 4. The predicted molar refractivity (Wildman–Crippen MR) is 107 cm³/mol. The zero-order chi connectivity index (χ0) is 18.5. The molecule has 2 aromatic carbocycles. The molecule has 27 heavy (non-hydrogen) atoms. The lowest BCUT2D eigenvalue weighted by molar-refractivity contribution is 0.298. The van der Waals surface area contributed by atoms with Gasteiger partial charge >= 0.3 is 0 Å². The number of benzene rings is 2. The van der Waals surface area contributed by atoms with Crippen molar-refractivity contribution in [2.75, 3.05) is 13.1 Å². The molecule has 3 aromatic rings. The number of hydrogen-bond donors (Lipinski definition) is 1. The van der Waals surface area contributed by atoms with Crippen LogP contribution in [0.15, 0.2) is 79.0 Å². The monoisotopic (exact) mass is 359 g/mol. The summed E-state index contributed by atoms with van der Waals surface area (Å²) in [4.78, 5) is 6.73. The van der Waals surface area contributed by atoms with E-state index < -0.39 is 0 Å². The highest BCUT2D eigenvalue weighted by atomic mass is 16.5. The molecule has 1 saturated heterocycles. The lowest BCUT2D eigenvalue weighted by Crippen LogP contribution is -2.28. The van der Waals surface area contributed by atoms with Crippen molar-refractivity contribution in [3.8, 4) is 5.75 Å². The van der Waals surface area contributed by atoms with Gasteiger partial charge in [0.15, 0.2) is 0 Å². The van der Waals surface area contributed by atoms with Gasteiger partial charge in [-0.05, 0) is 35.4 Å². The Morgan fingerprint density at radius 3 is 2.63 bits per heavy atom. The number of ether oxygens (including phenoxy) is 1. The van der Waals surface area contributed by atoms with Crippen molar-refractivity contribution >= 4 is 0 Å². The molecule has 0 spiro atoms. The molecule has 0 amide bonds. The molecular weight excluding hydrogens is 334 g/mol. The molecule has 4 nitrogen and oxygen atoms in total. The SMILES string of the molecule is N[C@@H]1CN(Cc2cccc(OCc3ccccn3)c2)C[C@H]1c1ccccc1. The molecule has 138 valence electrons. The van der Waals surface area contributed by atoms with E-state index in [1.165, 1.54) is 11.1 Å². The Morgan fingerprint density at radius 2 is 1.81 bits per heavy atom.